The molecule has 3 aliphatic heterocycles. The van der Waals surface area contributed by atoms with Crippen LogP contribution < -0.4 is 5.32 Å². The first-order chi connectivity index (χ1) is 21.0. The van der Waals surface area contributed by atoms with Gasteiger partial charge in [-0.15, -0.1) is 11.3 Å². The van der Waals surface area contributed by atoms with Crippen molar-refractivity contribution in [2.75, 3.05) is 13.1 Å². The van der Waals surface area contributed by atoms with Crippen LogP contribution in [0, 0.1) is 29.4 Å². The molecule has 0 spiro atoms. The molecule has 6 rings (SSSR count). The molecule has 2 saturated heterocycles. The minimum absolute atomic E-state index is 0.0521. The molecule has 0 radical (unpaired) electrons. The van der Waals surface area contributed by atoms with Crippen LogP contribution in [-0.2, 0) is 26.3 Å². The molecule has 226 valence electrons. The first kappa shape index (κ1) is 29.6. The molecule has 1 aromatic heterocycles. The molecule has 4 heterocycles. The van der Waals surface area contributed by atoms with Gasteiger partial charge in [0.05, 0.1) is 16.7 Å². The van der Waals surface area contributed by atoms with E-state index in [0.29, 0.717) is 43.6 Å². The molecule has 11 heteroatoms. The predicted molar refractivity (Wildman–Crippen MR) is 159 cm³/mol. The van der Waals surface area contributed by atoms with Crippen LogP contribution in [0.3, 0.4) is 0 Å². The van der Waals surface area contributed by atoms with Gasteiger partial charge in [-0.3, -0.25) is 24.5 Å². The van der Waals surface area contributed by atoms with Gasteiger partial charge in [0, 0.05) is 48.5 Å². The zero-order chi connectivity index (χ0) is 31.2. The molecule has 2 aromatic carbocycles. The van der Waals surface area contributed by atoms with E-state index in [0.717, 1.165) is 22.5 Å². The van der Waals surface area contributed by atoms with Gasteiger partial charge in [-0.25, -0.2) is 13.8 Å². The Morgan fingerprint density at radius 1 is 1.05 bits per heavy atom. The molecule has 1 N–H and O–H groups in total. The molecule has 0 aliphatic carbocycles. The van der Waals surface area contributed by atoms with Gasteiger partial charge in [0.15, 0.2) is 0 Å². The van der Waals surface area contributed by atoms with Gasteiger partial charge in [0.2, 0.25) is 17.7 Å². The summed E-state index contributed by atoms with van der Waals surface area (Å²) in [5.74, 6) is 4.11. The highest BCUT2D eigenvalue weighted by Crippen LogP contribution is 2.35. The Morgan fingerprint density at radius 2 is 1.75 bits per heavy atom. The summed E-state index contributed by atoms with van der Waals surface area (Å²) in [6, 6.07) is 8.36. The largest absolute Gasteiger partial charge is 0.342 e. The third-order valence-corrected chi connectivity index (χ3v) is 9.49. The summed E-state index contributed by atoms with van der Waals surface area (Å²) in [5.41, 5.74) is 1.32. The summed E-state index contributed by atoms with van der Waals surface area (Å²) in [5, 5.41) is 4.20. The van der Waals surface area contributed by atoms with Gasteiger partial charge in [-0.1, -0.05) is 24.0 Å². The summed E-state index contributed by atoms with van der Waals surface area (Å²) in [6.45, 7) is 4.82. The Labute approximate surface area is 257 Å². The van der Waals surface area contributed by atoms with Crippen molar-refractivity contribution in [3.05, 3.63) is 75.8 Å². The number of nitrogens with one attached hydrogen (secondary N) is 1. The first-order valence-corrected chi connectivity index (χ1v) is 15.4. The third kappa shape index (κ3) is 5.39. The Kier molecular flexibility index (Phi) is 7.80. The Hall–Kier alpha value is -4.43. The van der Waals surface area contributed by atoms with Crippen LogP contribution in [0.15, 0.2) is 41.8 Å². The molecule has 1 atom stereocenters. The van der Waals surface area contributed by atoms with Gasteiger partial charge >= 0.3 is 0 Å². The maximum Gasteiger partial charge on any atom is 0.255 e. The van der Waals surface area contributed by atoms with Crippen molar-refractivity contribution >= 4 is 35.0 Å². The summed E-state index contributed by atoms with van der Waals surface area (Å²) in [4.78, 5) is 58.4. The molecule has 3 aromatic rings. The highest BCUT2D eigenvalue weighted by molar-refractivity contribution is 7.13. The number of thiazole rings is 1. The standard InChI is InChI=1S/C33H30F2N4O4S/c1-33(2,26-18-44-30(36-26)28-23(34)7-4-8-24(28)35)32(43)38-15-13-19(14-16-38)9-10-20-5-3-6-21-22(20)17-39(31(21)42)25-11-12-27(40)37-29(25)41/h3-8,18-19,25H,11-17H2,1-2H3,(H,37,40,41). The fourth-order valence-electron chi connectivity index (χ4n) is 5.99. The Morgan fingerprint density at radius 3 is 2.45 bits per heavy atom. The van der Waals surface area contributed by atoms with E-state index in [1.165, 1.54) is 23.1 Å². The summed E-state index contributed by atoms with van der Waals surface area (Å²) >= 11 is 1.11. The van der Waals surface area contributed by atoms with Crippen LogP contribution in [0.4, 0.5) is 8.78 Å². The van der Waals surface area contributed by atoms with E-state index < -0.39 is 29.0 Å². The van der Waals surface area contributed by atoms with Gasteiger partial charge in [-0.05, 0) is 62.9 Å². The summed E-state index contributed by atoms with van der Waals surface area (Å²) in [6.07, 6.45) is 1.84. The van der Waals surface area contributed by atoms with Gasteiger partial charge in [-0.2, -0.15) is 0 Å². The average Bonchev–Trinajstić information content (AvgIpc) is 3.62. The highest BCUT2D eigenvalue weighted by atomic mass is 32.1. The zero-order valence-electron chi connectivity index (χ0n) is 24.3. The number of hydrogen-bond acceptors (Lipinski definition) is 6. The zero-order valence-corrected chi connectivity index (χ0v) is 25.1. The van der Waals surface area contributed by atoms with Crippen molar-refractivity contribution in [1.29, 1.82) is 0 Å². The molecule has 0 saturated carbocycles. The number of fused-ring (bicyclic) bond motifs is 1. The maximum absolute atomic E-state index is 14.3. The van der Waals surface area contributed by atoms with Crippen molar-refractivity contribution in [3.8, 4) is 22.4 Å². The van der Waals surface area contributed by atoms with E-state index in [9.17, 15) is 28.0 Å². The predicted octanol–water partition coefficient (Wildman–Crippen LogP) is 4.42. The molecule has 44 heavy (non-hydrogen) atoms. The number of carbonyl (C=O) groups excluding carboxylic acids is 4. The number of imide groups is 1. The SMILES string of the molecule is CC(C)(C(=O)N1CCC(C#Cc2cccc3c2CN(C2CCC(=O)NC2=O)C3=O)CC1)c1csc(-c2c(F)cccc2F)n1. The van der Waals surface area contributed by atoms with Crippen molar-refractivity contribution < 1.29 is 28.0 Å². The average molecular weight is 617 g/mol. The number of likely N-dealkylation sites (tertiary alicyclic amines) is 1. The lowest BCUT2D eigenvalue weighted by Crippen LogP contribution is -2.52. The molecule has 8 nitrogen and oxygen atoms in total. The number of carbonyl (C=O) groups is 4. The van der Waals surface area contributed by atoms with Crippen molar-refractivity contribution in [3.63, 3.8) is 0 Å². The number of benzene rings is 2. The molecule has 0 bridgehead atoms. The smallest absolute Gasteiger partial charge is 0.255 e. The number of aromatic nitrogens is 1. The minimum atomic E-state index is -0.986. The number of nitrogens with zero attached hydrogens (tertiary/aromatic N) is 3. The fourth-order valence-corrected chi connectivity index (χ4v) is 7.03. The lowest BCUT2D eigenvalue weighted by atomic mass is 9.86. The fraction of sp³-hybridized carbons (Fsp3) is 0.364. The van der Waals surface area contributed by atoms with E-state index in [1.807, 2.05) is 6.07 Å². The maximum atomic E-state index is 14.3. The number of halogens is 2. The number of piperidine rings is 2. The lowest BCUT2D eigenvalue weighted by molar-refractivity contribution is -0.138. The van der Waals surface area contributed by atoms with Gasteiger partial charge in [0.25, 0.3) is 5.91 Å². The second-order valence-electron chi connectivity index (χ2n) is 11.8. The van der Waals surface area contributed by atoms with Crippen molar-refractivity contribution in [2.45, 2.75) is 57.5 Å². The number of hydrogen-bond donors (Lipinski definition) is 1. The number of rotatable bonds is 4. The second-order valence-corrected chi connectivity index (χ2v) is 12.7. The Balaban J connectivity index is 1.10. The molecule has 2 fully saturated rings. The van der Waals surface area contributed by atoms with Crippen molar-refractivity contribution in [2.24, 2.45) is 5.92 Å². The van der Waals surface area contributed by atoms with E-state index in [1.54, 1.807) is 36.3 Å². The van der Waals surface area contributed by atoms with E-state index in [2.05, 4.69) is 22.1 Å². The molecule has 1 unspecified atom stereocenters. The minimum Gasteiger partial charge on any atom is -0.342 e. The van der Waals surface area contributed by atoms with Crippen LogP contribution in [0.25, 0.3) is 10.6 Å². The van der Waals surface area contributed by atoms with Gasteiger partial charge < -0.3 is 9.80 Å². The van der Waals surface area contributed by atoms with E-state index in [4.69, 9.17) is 0 Å². The Bertz CT molecular complexity index is 1730. The van der Waals surface area contributed by atoms with Crippen LogP contribution >= 0.6 is 11.3 Å². The first-order valence-electron chi connectivity index (χ1n) is 14.5. The monoisotopic (exact) mass is 616 g/mol. The normalized spacial score (nSPS) is 19.0. The van der Waals surface area contributed by atoms with Crippen LogP contribution in [0.1, 0.15) is 66.7 Å². The quantitative estimate of drug-likeness (QED) is 0.346. The second kappa shape index (κ2) is 11.6. The van der Waals surface area contributed by atoms with Crippen molar-refractivity contribution in [1.82, 2.24) is 20.1 Å². The number of amides is 4. The van der Waals surface area contributed by atoms with Crippen LogP contribution in [0.2, 0.25) is 0 Å². The summed E-state index contributed by atoms with van der Waals surface area (Å²) in [7, 11) is 0. The topological polar surface area (TPSA) is 99.7 Å². The molecular formula is C33H30F2N4O4S. The lowest BCUT2D eigenvalue weighted by Gasteiger charge is -2.35. The molecule has 4 amide bonds. The molecule has 3 aliphatic rings. The van der Waals surface area contributed by atoms with Gasteiger partial charge in [0.1, 0.15) is 22.7 Å². The van der Waals surface area contributed by atoms with E-state index in [-0.39, 0.29) is 47.2 Å². The van der Waals surface area contributed by atoms with E-state index >= 15 is 0 Å². The highest BCUT2D eigenvalue weighted by Gasteiger charge is 2.40. The third-order valence-electron chi connectivity index (χ3n) is 8.63. The summed E-state index contributed by atoms with van der Waals surface area (Å²) < 4.78 is 28.6. The van der Waals surface area contributed by atoms with Crippen LogP contribution in [0.5, 0.6) is 0 Å². The van der Waals surface area contributed by atoms with Crippen LogP contribution in [-0.4, -0.2) is 57.5 Å². The molecular weight excluding hydrogens is 586 g/mol.